The molecule has 0 unspecified atom stereocenters. The zero-order valence-electron chi connectivity index (χ0n) is 20.7. The normalized spacial score (nSPS) is 13.9. The Morgan fingerprint density at radius 2 is 1.17 bits per heavy atom. The Morgan fingerprint density at radius 1 is 0.457 bits per heavy atom. The fraction of sp³-hybridized carbons (Fsp3) is 0.143. The SMILES string of the molecule is Cc1ccc2c3c(ccc2c1)C(C)(C)c1cc(-c2cccc4ccccc24)c2cc(C)ccc2c1-3. The molecule has 7 rings (SSSR count). The Labute approximate surface area is 206 Å². The van der Waals surface area contributed by atoms with E-state index < -0.39 is 0 Å². The summed E-state index contributed by atoms with van der Waals surface area (Å²) in [6, 6.07) is 36.6. The average Bonchev–Trinajstić information content (AvgIpc) is 3.09. The number of hydrogen-bond acceptors (Lipinski definition) is 0. The van der Waals surface area contributed by atoms with Crippen LogP contribution in [0.3, 0.4) is 0 Å². The Balaban J connectivity index is 1.66. The maximum atomic E-state index is 2.50. The van der Waals surface area contributed by atoms with Gasteiger partial charge in [-0.3, -0.25) is 0 Å². The molecule has 0 radical (unpaired) electrons. The quantitative estimate of drug-likeness (QED) is 0.235. The van der Waals surface area contributed by atoms with Crippen molar-refractivity contribution in [3.63, 3.8) is 0 Å². The van der Waals surface area contributed by atoms with Gasteiger partial charge in [0, 0.05) is 5.41 Å². The topological polar surface area (TPSA) is 0 Å². The van der Waals surface area contributed by atoms with Crippen molar-refractivity contribution in [3.8, 4) is 22.3 Å². The highest BCUT2D eigenvalue weighted by atomic mass is 14.4. The minimum Gasteiger partial charge on any atom is -0.0616 e. The van der Waals surface area contributed by atoms with E-state index in [1.807, 2.05) is 0 Å². The van der Waals surface area contributed by atoms with Crippen molar-refractivity contribution < 1.29 is 0 Å². The van der Waals surface area contributed by atoms with Crippen molar-refractivity contribution in [3.05, 3.63) is 119 Å². The van der Waals surface area contributed by atoms with Crippen molar-refractivity contribution in [2.75, 3.05) is 0 Å². The van der Waals surface area contributed by atoms with Gasteiger partial charge in [-0.1, -0.05) is 116 Å². The summed E-state index contributed by atoms with van der Waals surface area (Å²) in [5.74, 6) is 0. The van der Waals surface area contributed by atoms with Gasteiger partial charge >= 0.3 is 0 Å². The molecule has 0 N–H and O–H groups in total. The second-order valence-corrected chi connectivity index (χ2v) is 10.8. The highest BCUT2D eigenvalue weighted by Crippen LogP contribution is 2.55. The van der Waals surface area contributed by atoms with Gasteiger partial charge in [-0.05, 0) is 85.6 Å². The molecule has 168 valence electrons. The second-order valence-electron chi connectivity index (χ2n) is 10.8. The molecule has 0 heteroatoms. The van der Waals surface area contributed by atoms with E-state index in [4.69, 9.17) is 0 Å². The first kappa shape index (κ1) is 20.5. The Hall–Kier alpha value is -3.90. The van der Waals surface area contributed by atoms with E-state index in [-0.39, 0.29) is 5.41 Å². The summed E-state index contributed by atoms with van der Waals surface area (Å²) >= 11 is 0. The van der Waals surface area contributed by atoms with E-state index in [9.17, 15) is 0 Å². The third-order valence-electron chi connectivity index (χ3n) is 8.14. The molecular formula is C35H28. The van der Waals surface area contributed by atoms with E-state index >= 15 is 0 Å². The molecular weight excluding hydrogens is 420 g/mol. The molecule has 0 saturated heterocycles. The molecule has 0 nitrogen and oxygen atoms in total. The smallest absolute Gasteiger partial charge is 0.0159 e. The molecule has 0 fully saturated rings. The lowest BCUT2D eigenvalue weighted by atomic mass is 9.80. The van der Waals surface area contributed by atoms with Crippen LogP contribution < -0.4 is 0 Å². The third kappa shape index (κ3) is 2.80. The molecule has 0 amide bonds. The van der Waals surface area contributed by atoms with Crippen LogP contribution >= 0.6 is 0 Å². The largest absolute Gasteiger partial charge is 0.0616 e. The van der Waals surface area contributed by atoms with Crippen molar-refractivity contribution >= 4 is 32.3 Å². The zero-order chi connectivity index (χ0) is 23.9. The molecule has 6 aromatic rings. The fourth-order valence-corrected chi connectivity index (χ4v) is 6.37. The standard InChI is InChI=1S/C35H28/c1-21-12-15-26-24(18-21)14-17-31-33(26)34-28-16-13-22(2)19-29(28)30(20-32(34)35(31,3)4)27-11-7-9-23-8-5-6-10-25(23)27/h5-20H,1-4H3. The van der Waals surface area contributed by atoms with Crippen LogP contribution in [-0.4, -0.2) is 0 Å². The van der Waals surface area contributed by atoms with Gasteiger partial charge in [0.25, 0.3) is 0 Å². The van der Waals surface area contributed by atoms with Gasteiger partial charge in [0.15, 0.2) is 0 Å². The summed E-state index contributed by atoms with van der Waals surface area (Å²) in [6.07, 6.45) is 0. The molecule has 0 spiro atoms. The molecule has 0 aliphatic heterocycles. The lowest BCUT2D eigenvalue weighted by Crippen LogP contribution is -2.15. The first-order chi connectivity index (χ1) is 16.9. The predicted molar refractivity (Wildman–Crippen MR) is 151 cm³/mol. The van der Waals surface area contributed by atoms with Gasteiger partial charge in [-0.2, -0.15) is 0 Å². The summed E-state index contributed by atoms with van der Waals surface area (Å²) in [7, 11) is 0. The van der Waals surface area contributed by atoms with Crippen molar-refractivity contribution in [1.29, 1.82) is 0 Å². The van der Waals surface area contributed by atoms with E-state index in [2.05, 4.69) is 125 Å². The molecule has 1 aliphatic carbocycles. The van der Waals surface area contributed by atoms with Gasteiger partial charge in [0.2, 0.25) is 0 Å². The average molecular weight is 449 g/mol. The second kappa shape index (κ2) is 7.06. The van der Waals surface area contributed by atoms with Crippen molar-refractivity contribution in [1.82, 2.24) is 0 Å². The van der Waals surface area contributed by atoms with Crippen LogP contribution in [0.5, 0.6) is 0 Å². The van der Waals surface area contributed by atoms with E-state index in [0.29, 0.717) is 0 Å². The number of aryl methyl sites for hydroxylation is 2. The molecule has 0 atom stereocenters. The summed E-state index contributed by atoms with van der Waals surface area (Å²) in [5, 5.41) is 7.98. The molecule has 1 aliphatic rings. The minimum absolute atomic E-state index is 0.0673. The van der Waals surface area contributed by atoms with Gasteiger partial charge in [0.05, 0.1) is 0 Å². The lowest BCUT2D eigenvalue weighted by Gasteiger charge is -2.23. The van der Waals surface area contributed by atoms with Crippen LogP contribution in [-0.2, 0) is 5.41 Å². The van der Waals surface area contributed by atoms with E-state index in [1.165, 1.54) is 76.8 Å². The summed E-state index contributed by atoms with van der Waals surface area (Å²) in [4.78, 5) is 0. The highest BCUT2D eigenvalue weighted by molar-refractivity contribution is 6.16. The summed E-state index contributed by atoms with van der Waals surface area (Å²) in [6.45, 7) is 9.17. The van der Waals surface area contributed by atoms with Gasteiger partial charge in [-0.15, -0.1) is 0 Å². The monoisotopic (exact) mass is 448 g/mol. The van der Waals surface area contributed by atoms with Crippen LogP contribution in [0.2, 0.25) is 0 Å². The summed E-state index contributed by atoms with van der Waals surface area (Å²) in [5.41, 5.74) is 10.9. The number of benzene rings is 6. The number of hydrogen-bond donors (Lipinski definition) is 0. The Bertz CT molecular complexity index is 1830. The van der Waals surface area contributed by atoms with Gasteiger partial charge in [-0.25, -0.2) is 0 Å². The summed E-state index contributed by atoms with van der Waals surface area (Å²) < 4.78 is 0. The lowest BCUT2D eigenvalue weighted by molar-refractivity contribution is 0.661. The molecule has 35 heavy (non-hydrogen) atoms. The van der Waals surface area contributed by atoms with E-state index in [0.717, 1.165) is 0 Å². The van der Waals surface area contributed by atoms with Crippen molar-refractivity contribution in [2.24, 2.45) is 0 Å². The maximum Gasteiger partial charge on any atom is 0.0159 e. The Morgan fingerprint density at radius 3 is 2.03 bits per heavy atom. The van der Waals surface area contributed by atoms with Crippen LogP contribution in [0.15, 0.2) is 97.1 Å². The molecule has 0 aromatic heterocycles. The minimum atomic E-state index is -0.0673. The molecule has 0 heterocycles. The van der Waals surface area contributed by atoms with Crippen LogP contribution in [0, 0.1) is 13.8 Å². The molecule has 0 saturated carbocycles. The molecule has 0 bridgehead atoms. The fourth-order valence-electron chi connectivity index (χ4n) is 6.37. The zero-order valence-corrected chi connectivity index (χ0v) is 20.7. The first-order valence-electron chi connectivity index (χ1n) is 12.5. The van der Waals surface area contributed by atoms with Gasteiger partial charge in [0.1, 0.15) is 0 Å². The van der Waals surface area contributed by atoms with Crippen molar-refractivity contribution in [2.45, 2.75) is 33.1 Å². The molecule has 6 aromatic carbocycles. The third-order valence-corrected chi connectivity index (χ3v) is 8.14. The number of rotatable bonds is 1. The Kier molecular flexibility index (Phi) is 4.13. The van der Waals surface area contributed by atoms with Gasteiger partial charge < -0.3 is 0 Å². The van der Waals surface area contributed by atoms with Crippen LogP contribution in [0.25, 0.3) is 54.6 Å². The van der Waals surface area contributed by atoms with E-state index in [1.54, 1.807) is 0 Å². The predicted octanol–water partition coefficient (Wildman–Crippen LogP) is 9.74. The highest BCUT2D eigenvalue weighted by Gasteiger charge is 2.38. The van der Waals surface area contributed by atoms with Crippen LogP contribution in [0.4, 0.5) is 0 Å². The first-order valence-corrected chi connectivity index (χ1v) is 12.5. The number of fused-ring (bicyclic) bond motifs is 8. The maximum absolute atomic E-state index is 2.50. The van der Waals surface area contributed by atoms with Crippen LogP contribution in [0.1, 0.15) is 36.1 Å².